The molecule has 0 amide bonds. The van der Waals surface area contributed by atoms with E-state index in [-0.39, 0.29) is 0 Å². The highest BCUT2D eigenvalue weighted by atomic mass is 32.1. The zero-order valence-corrected chi connectivity index (χ0v) is 12.8. The molecule has 0 aliphatic heterocycles. The average molecular weight is 273 g/mol. The van der Waals surface area contributed by atoms with Gasteiger partial charge in [0.1, 0.15) is 0 Å². The third-order valence-electron chi connectivity index (χ3n) is 3.89. The first kappa shape index (κ1) is 14.3. The van der Waals surface area contributed by atoms with Crippen molar-refractivity contribution in [3.8, 4) is 0 Å². The van der Waals surface area contributed by atoms with E-state index in [0.29, 0.717) is 18.0 Å². The lowest BCUT2D eigenvalue weighted by Gasteiger charge is -2.26. The summed E-state index contributed by atoms with van der Waals surface area (Å²) in [6, 6.07) is 15.9. The van der Waals surface area contributed by atoms with E-state index in [1.54, 1.807) is 0 Å². The molecule has 2 aromatic rings. The van der Waals surface area contributed by atoms with Crippen molar-refractivity contribution in [2.75, 3.05) is 0 Å². The molecule has 19 heavy (non-hydrogen) atoms. The molecular formula is C17H23NS. The van der Waals surface area contributed by atoms with Crippen LogP contribution in [0.25, 0.3) is 0 Å². The molecule has 0 saturated heterocycles. The Morgan fingerprint density at radius 3 is 2.37 bits per heavy atom. The van der Waals surface area contributed by atoms with Gasteiger partial charge in [0, 0.05) is 10.9 Å². The maximum absolute atomic E-state index is 3.80. The van der Waals surface area contributed by atoms with E-state index in [1.807, 2.05) is 11.3 Å². The highest BCUT2D eigenvalue weighted by molar-refractivity contribution is 7.10. The molecule has 1 heterocycles. The molecule has 1 nitrogen and oxygen atoms in total. The van der Waals surface area contributed by atoms with E-state index in [1.165, 1.54) is 16.9 Å². The number of hydrogen-bond acceptors (Lipinski definition) is 2. The number of rotatable bonds is 6. The molecule has 1 aromatic heterocycles. The molecule has 1 aromatic carbocycles. The third-order valence-corrected chi connectivity index (χ3v) is 4.82. The third kappa shape index (κ3) is 3.68. The van der Waals surface area contributed by atoms with Crippen molar-refractivity contribution in [1.82, 2.24) is 5.32 Å². The van der Waals surface area contributed by atoms with Crippen molar-refractivity contribution in [3.05, 3.63) is 58.3 Å². The van der Waals surface area contributed by atoms with Crippen LogP contribution in [-0.2, 0) is 0 Å². The van der Waals surface area contributed by atoms with Crippen molar-refractivity contribution in [2.45, 2.75) is 39.3 Å². The second-order valence-electron chi connectivity index (χ2n) is 5.20. The summed E-state index contributed by atoms with van der Waals surface area (Å²) in [6.07, 6.45) is 1.21. The predicted molar refractivity (Wildman–Crippen MR) is 84.7 cm³/mol. The normalized spacial score (nSPS) is 15.9. The van der Waals surface area contributed by atoms with Crippen molar-refractivity contribution in [1.29, 1.82) is 0 Å². The molecule has 3 unspecified atom stereocenters. The summed E-state index contributed by atoms with van der Waals surface area (Å²) < 4.78 is 0. The quantitative estimate of drug-likeness (QED) is 0.792. The Labute approximate surface area is 120 Å². The Kier molecular flexibility index (Phi) is 5.17. The lowest BCUT2D eigenvalue weighted by molar-refractivity contribution is 0.370. The summed E-state index contributed by atoms with van der Waals surface area (Å²) in [5, 5.41) is 5.95. The zero-order chi connectivity index (χ0) is 13.7. The maximum Gasteiger partial charge on any atom is 0.0673 e. The number of thiophene rings is 1. The molecule has 0 aliphatic rings. The molecule has 2 heteroatoms. The van der Waals surface area contributed by atoms with E-state index in [2.05, 4.69) is 73.9 Å². The monoisotopic (exact) mass is 273 g/mol. The molecule has 3 atom stereocenters. The van der Waals surface area contributed by atoms with Crippen molar-refractivity contribution in [2.24, 2.45) is 5.92 Å². The molecule has 0 saturated carbocycles. The highest BCUT2D eigenvalue weighted by Crippen LogP contribution is 2.27. The fourth-order valence-electron chi connectivity index (χ4n) is 2.22. The molecule has 0 bridgehead atoms. The Balaban J connectivity index is 2.21. The minimum Gasteiger partial charge on any atom is -0.303 e. The van der Waals surface area contributed by atoms with Gasteiger partial charge in [0.25, 0.3) is 0 Å². The maximum atomic E-state index is 3.80. The van der Waals surface area contributed by atoms with Gasteiger partial charge in [-0.2, -0.15) is 0 Å². The van der Waals surface area contributed by atoms with Gasteiger partial charge in [-0.1, -0.05) is 56.7 Å². The van der Waals surface area contributed by atoms with Gasteiger partial charge in [-0.05, 0) is 29.9 Å². The summed E-state index contributed by atoms with van der Waals surface area (Å²) in [6.45, 7) is 6.86. The predicted octanol–water partition coefficient (Wildman–Crippen LogP) is 4.86. The average Bonchev–Trinajstić information content (AvgIpc) is 2.98. The summed E-state index contributed by atoms with van der Waals surface area (Å²) in [7, 11) is 0. The number of benzene rings is 1. The van der Waals surface area contributed by atoms with Gasteiger partial charge in [0.05, 0.1) is 6.04 Å². The topological polar surface area (TPSA) is 12.0 Å². The second kappa shape index (κ2) is 6.88. The van der Waals surface area contributed by atoms with Crippen molar-refractivity contribution in [3.63, 3.8) is 0 Å². The van der Waals surface area contributed by atoms with E-state index in [9.17, 15) is 0 Å². The van der Waals surface area contributed by atoms with Crippen LogP contribution in [0.3, 0.4) is 0 Å². The zero-order valence-electron chi connectivity index (χ0n) is 12.0. The summed E-state index contributed by atoms with van der Waals surface area (Å²) >= 11 is 1.82. The fourth-order valence-corrected chi connectivity index (χ4v) is 3.04. The van der Waals surface area contributed by atoms with Gasteiger partial charge < -0.3 is 5.32 Å². The first-order chi connectivity index (χ1) is 9.22. The highest BCUT2D eigenvalue weighted by Gasteiger charge is 2.19. The minimum absolute atomic E-state index is 0.310. The van der Waals surface area contributed by atoms with Crippen LogP contribution in [0.5, 0.6) is 0 Å². The van der Waals surface area contributed by atoms with Crippen LogP contribution < -0.4 is 5.32 Å². The van der Waals surface area contributed by atoms with Crippen LogP contribution in [0.1, 0.15) is 43.7 Å². The standard InChI is InChI=1S/C17H23NS/c1-4-13(2)14(3)18-17(16-11-8-12-19-16)15-9-6-5-7-10-15/h5-14,17-18H,4H2,1-3H3. The fraction of sp³-hybridized carbons (Fsp3) is 0.412. The van der Waals surface area contributed by atoms with Crippen LogP contribution >= 0.6 is 11.3 Å². The molecule has 0 radical (unpaired) electrons. The SMILES string of the molecule is CCC(C)C(C)NC(c1ccccc1)c1cccs1. The summed E-state index contributed by atoms with van der Waals surface area (Å²) in [5.41, 5.74) is 1.35. The van der Waals surface area contributed by atoms with E-state index < -0.39 is 0 Å². The second-order valence-corrected chi connectivity index (χ2v) is 6.18. The molecular weight excluding hydrogens is 250 g/mol. The molecule has 0 aliphatic carbocycles. The van der Waals surface area contributed by atoms with Gasteiger partial charge in [0.15, 0.2) is 0 Å². The Bertz CT molecular complexity index is 463. The lowest BCUT2D eigenvalue weighted by Crippen LogP contribution is -2.35. The molecule has 0 fully saturated rings. The van der Waals surface area contributed by atoms with Gasteiger partial charge in [-0.3, -0.25) is 0 Å². The van der Waals surface area contributed by atoms with Gasteiger partial charge >= 0.3 is 0 Å². The molecule has 2 rings (SSSR count). The minimum atomic E-state index is 0.310. The van der Waals surface area contributed by atoms with Gasteiger partial charge in [-0.15, -0.1) is 11.3 Å². The Morgan fingerprint density at radius 2 is 1.79 bits per heavy atom. The lowest BCUT2D eigenvalue weighted by atomic mass is 9.97. The van der Waals surface area contributed by atoms with Crippen LogP contribution in [0.2, 0.25) is 0 Å². The smallest absolute Gasteiger partial charge is 0.0673 e. The summed E-state index contributed by atoms with van der Waals surface area (Å²) in [4.78, 5) is 1.39. The largest absolute Gasteiger partial charge is 0.303 e. The number of nitrogens with one attached hydrogen (secondary N) is 1. The van der Waals surface area contributed by atoms with E-state index in [4.69, 9.17) is 0 Å². The Hall–Kier alpha value is -1.12. The van der Waals surface area contributed by atoms with Crippen LogP contribution in [0, 0.1) is 5.92 Å². The van der Waals surface area contributed by atoms with Crippen LogP contribution in [0.15, 0.2) is 47.8 Å². The first-order valence-corrected chi connectivity index (χ1v) is 7.94. The van der Waals surface area contributed by atoms with Crippen molar-refractivity contribution >= 4 is 11.3 Å². The molecule has 1 N–H and O–H groups in total. The molecule has 102 valence electrons. The first-order valence-electron chi connectivity index (χ1n) is 7.06. The van der Waals surface area contributed by atoms with Gasteiger partial charge in [-0.25, -0.2) is 0 Å². The van der Waals surface area contributed by atoms with Crippen LogP contribution in [-0.4, -0.2) is 6.04 Å². The number of hydrogen-bond donors (Lipinski definition) is 1. The van der Waals surface area contributed by atoms with Crippen LogP contribution in [0.4, 0.5) is 0 Å². The van der Waals surface area contributed by atoms with E-state index in [0.717, 1.165) is 0 Å². The Morgan fingerprint density at radius 1 is 1.05 bits per heavy atom. The van der Waals surface area contributed by atoms with Crippen molar-refractivity contribution < 1.29 is 0 Å². The van der Waals surface area contributed by atoms with E-state index >= 15 is 0 Å². The molecule has 0 spiro atoms. The van der Waals surface area contributed by atoms with Gasteiger partial charge in [0.2, 0.25) is 0 Å². The summed E-state index contributed by atoms with van der Waals surface area (Å²) in [5.74, 6) is 0.686.